The Morgan fingerprint density at radius 2 is 1.76 bits per heavy atom. The van der Waals surface area contributed by atoms with Crippen molar-refractivity contribution in [2.24, 2.45) is 0 Å². The number of aromatic amines is 1. The Morgan fingerprint density at radius 1 is 1.04 bits per heavy atom. The Hall–Kier alpha value is -2.83. The standard InChI is InChI=1S/C18H20FN3O3/c19-14-3-1-5-16(11-14)25-13-18(24)22-9-7-21(8-10-22)17(23)12-15-4-2-6-20-15/h1-6,11,20H,7-10,12-13H2. The number of benzene rings is 1. The van der Waals surface area contributed by atoms with Gasteiger partial charge in [-0.05, 0) is 24.3 Å². The first-order valence-corrected chi connectivity index (χ1v) is 8.18. The van der Waals surface area contributed by atoms with E-state index in [9.17, 15) is 14.0 Å². The van der Waals surface area contributed by atoms with E-state index in [2.05, 4.69) is 4.98 Å². The van der Waals surface area contributed by atoms with Crippen LogP contribution in [0.5, 0.6) is 5.75 Å². The number of halogens is 1. The quantitative estimate of drug-likeness (QED) is 0.892. The minimum Gasteiger partial charge on any atom is -0.484 e. The van der Waals surface area contributed by atoms with Crippen LogP contribution in [0.1, 0.15) is 5.69 Å². The molecule has 0 bridgehead atoms. The number of H-pyrrole nitrogens is 1. The molecule has 0 atom stereocenters. The highest BCUT2D eigenvalue weighted by Gasteiger charge is 2.24. The van der Waals surface area contributed by atoms with E-state index in [-0.39, 0.29) is 18.4 Å². The number of rotatable bonds is 5. The molecule has 0 aliphatic carbocycles. The topological polar surface area (TPSA) is 65.6 Å². The number of amides is 2. The molecule has 3 rings (SSSR count). The zero-order valence-electron chi connectivity index (χ0n) is 13.8. The predicted molar refractivity (Wildman–Crippen MR) is 89.6 cm³/mol. The fourth-order valence-electron chi connectivity index (χ4n) is 2.75. The van der Waals surface area contributed by atoms with Crippen molar-refractivity contribution in [3.8, 4) is 5.75 Å². The van der Waals surface area contributed by atoms with Gasteiger partial charge in [-0.1, -0.05) is 6.07 Å². The van der Waals surface area contributed by atoms with Gasteiger partial charge >= 0.3 is 0 Å². The van der Waals surface area contributed by atoms with Crippen LogP contribution in [0.3, 0.4) is 0 Å². The molecule has 1 N–H and O–H groups in total. The van der Waals surface area contributed by atoms with E-state index in [0.29, 0.717) is 38.3 Å². The molecule has 7 heteroatoms. The van der Waals surface area contributed by atoms with Gasteiger partial charge in [-0.2, -0.15) is 0 Å². The van der Waals surface area contributed by atoms with Crippen LogP contribution in [-0.4, -0.2) is 59.4 Å². The minimum atomic E-state index is -0.404. The number of carbonyl (C=O) groups excluding carboxylic acids is 2. The van der Waals surface area contributed by atoms with E-state index in [0.717, 1.165) is 5.69 Å². The van der Waals surface area contributed by atoms with Gasteiger partial charge in [0, 0.05) is 44.1 Å². The molecule has 0 spiro atoms. The SMILES string of the molecule is O=C(COc1cccc(F)c1)N1CCN(C(=O)Cc2ccc[nH]2)CC1. The fraction of sp³-hybridized carbons (Fsp3) is 0.333. The fourth-order valence-corrected chi connectivity index (χ4v) is 2.75. The third kappa shape index (κ3) is 4.59. The second-order valence-corrected chi connectivity index (χ2v) is 5.88. The van der Waals surface area contributed by atoms with Crippen LogP contribution < -0.4 is 4.74 Å². The molecule has 0 radical (unpaired) electrons. The van der Waals surface area contributed by atoms with E-state index in [4.69, 9.17) is 4.74 Å². The van der Waals surface area contributed by atoms with E-state index < -0.39 is 5.82 Å². The molecule has 25 heavy (non-hydrogen) atoms. The van der Waals surface area contributed by atoms with Gasteiger partial charge < -0.3 is 19.5 Å². The van der Waals surface area contributed by atoms with Gasteiger partial charge in [0.05, 0.1) is 6.42 Å². The van der Waals surface area contributed by atoms with E-state index in [1.54, 1.807) is 22.1 Å². The molecule has 2 aromatic rings. The lowest BCUT2D eigenvalue weighted by Gasteiger charge is -2.34. The maximum Gasteiger partial charge on any atom is 0.260 e. The zero-order chi connectivity index (χ0) is 17.6. The summed E-state index contributed by atoms with van der Waals surface area (Å²) in [5, 5.41) is 0. The van der Waals surface area contributed by atoms with Crippen LogP contribution in [-0.2, 0) is 16.0 Å². The van der Waals surface area contributed by atoms with Gasteiger partial charge in [-0.15, -0.1) is 0 Å². The van der Waals surface area contributed by atoms with Crippen molar-refractivity contribution in [1.82, 2.24) is 14.8 Å². The normalized spacial score (nSPS) is 14.4. The van der Waals surface area contributed by atoms with Crippen molar-refractivity contribution in [3.05, 3.63) is 54.1 Å². The molecule has 0 saturated carbocycles. The molecule has 1 aliphatic heterocycles. The number of hydrogen-bond donors (Lipinski definition) is 1. The zero-order valence-corrected chi connectivity index (χ0v) is 13.8. The lowest BCUT2D eigenvalue weighted by molar-refractivity contribution is -0.140. The molecule has 2 amide bonds. The number of hydrogen-bond acceptors (Lipinski definition) is 3. The van der Waals surface area contributed by atoms with Crippen LogP contribution in [0, 0.1) is 5.82 Å². The number of piperazine rings is 1. The highest BCUT2D eigenvalue weighted by Crippen LogP contribution is 2.12. The summed E-state index contributed by atoms with van der Waals surface area (Å²) >= 11 is 0. The van der Waals surface area contributed by atoms with Crippen molar-refractivity contribution in [2.75, 3.05) is 32.8 Å². The number of nitrogens with one attached hydrogen (secondary N) is 1. The van der Waals surface area contributed by atoms with Crippen molar-refractivity contribution in [1.29, 1.82) is 0 Å². The summed E-state index contributed by atoms with van der Waals surface area (Å²) in [6.45, 7) is 1.82. The van der Waals surface area contributed by atoms with E-state index in [1.807, 2.05) is 12.1 Å². The summed E-state index contributed by atoms with van der Waals surface area (Å²) in [6, 6.07) is 9.43. The predicted octanol–water partition coefficient (Wildman–Crippen LogP) is 1.45. The molecule has 1 aromatic heterocycles. The van der Waals surface area contributed by atoms with Crippen LogP contribution in [0.2, 0.25) is 0 Å². The molecule has 0 unspecified atom stereocenters. The van der Waals surface area contributed by atoms with E-state index >= 15 is 0 Å². The van der Waals surface area contributed by atoms with Gasteiger partial charge in [-0.3, -0.25) is 9.59 Å². The summed E-state index contributed by atoms with van der Waals surface area (Å²) in [6.07, 6.45) is 2.13. The van der Waals surface area contributed by atoms with Crippen molar-refractivity contribution in [3.63, 3.8) is 0 Å². The first-order valence-electron chi connectivity index (χ1n) is 8.18. The Morgan fingerprint density at radius 3 is 2.40 bits per heavy atom. The molecule has 1 fully saturated rings. The highest BCUT2D eigenvalue weighted by atomic mass is 19.1. The first kappa shape index (κ1) is 17.0. The van der Waals surface area contributed by atoms with Crippen LogP contribution >= 0.6 is 0 Å². The number of carbonyl (C=O) groups is 2. The molecule has 1 aliphatic rings. The minimum absolute atomic E-state index is 0.0468. The van der Waals surface area contributed by atoms with Crippen LogP contribution in [0.25, 0.3) is 0 Å². The van der Waals surface area contributed by atoms with Gasteiger partial charge in [0.15, 0.2) is 6.61 Å². The maximum atomic E-state index is 13.1. The Bertz CT molecular complexity index is 725. The summed E-state index contributed by atoms with van der Waals surface area (Å²) in [5.41, 5.74) is 0.881. The first-order chi connectivity index (χ1) is 12.1. The Balaban J connectivity index is 1.43. The molecule has 1 saturated heterocycles. The summed E-state index contributed by atoms with van der Waals surface area (Å²) in [7, 11) is 0. The summed E-state index contributed by atoms with van der Waals surface area (Å²) < 4.78 is 18.4. The number of ether oxygens (including phenoxy) is 1. The second kappa shape index (κ2) is 7.83. The van der Waals surface area contributed by atoms with Gasteiger partial charge in [0.2, 0.25) is 5.91 Å². The molecule has 132 valence electrons. The highest BCUT2D eigenvalue weighted by molar-refractivity contribution is 5.80. The Labute approximate surface area is 145 Å². The molecular formula is C18H20FN3O3. The number of aromatic nitrogens is 1. The third-order valence-corrected chi connectivity index (χ3v) is 4.15. The van der Waals surface area contributed by atoms with E-state index in [1.165, 1.54) is 18.2 Å². The van der Waals surface area contributed by atoms with Gasteiger partial charge in [-0.25, -0.2) is 4.39 Å². The largest absolute Gasteiger partial charge is 0.484 e. The van der Waals surface area contributed by atoms with Gasteiger partial charge in [0.25, 0.3) is 5.91 Å². The average molecular weight is 345 g/mol. The van der Waals surface area contributed by atoms with Crippen molar-refractivity contribution >= 4 is 11.8 Å². The Kier molecular flexibility index (Phi) is 5.33. The van der Waals surface area contributed by atoms with Crippen molar-refractivity contribution < 1.29 is 18.7 Å². The lowest BCUT2D eigenvalue weighted by Crippen LogP contribution is -2.52. The van der Waals surface area contributed by atoms with Crippen molar-refractivity contribution in [2.45, 2.75) is 6.42 Å². The molecule has 2 heterocycles. The van der Waals surface area contributed by atoms with Gasteiger partial charge in [0.1, 0.15) is 11.6 Å². The number of nitrogens with zero attached hydrogens (tertiary/aromatic N) is 2. The van der Waals surface area contributed by atoms with Crippen LogP contribution in [0.15, 0.2) is 42.6 Å². The smallest absolute Gasteiger partial charge is 0.260 e. The summed E-state index contributed by atoms with van der Waals surface area (Å²) in [5.74, 6) is -0.196. The average Bonchev–Trinajstić information content (AvgIpc) is 3.13. The monoisotopic (exact) mass is 345 g/mol. The maximum absolute atomic E-state index is 13.1. The molecular weight excluding hydrogens is 325 g/mol. The molecule has 6 nitrogen and oxygen atoms in total. The molecule has 1 aromatic carbocycles. The second-order valence-electron chi connectivity index (χ2n) is 5.88. The van der Waals surface area contributed by atoms with Crippen LogP contribution in [0.4, 0.5) is 4.39 Å². The summed E-state index contributed by atoms with van der Waals surface area (Å²) in [4.78, 5) is 30.9. The lowest BCUT2D eigenvalue weighted by atomic mass is 10.2. The third-order valence-electron chi connectivity index (χ3n) is 4.15.